The van der Waals surface area contributed by atoms with Crippen LogP contribution in [0.15, 0.2) is 12.4 Å². The highest BCUT2D eigenvalue weighted by Crippen LogP contribution is 2.14. The van der Waals surface area contributed by atoms with Crippen LogP contribution < -0.4 is 10.6 Å². The smallest absolute Gasteiger partial charge is 0.323 e. The molecule has 1 heterocycles. The summed E-state index contributed by atoms with van der Waals surface area (Å²) < 4.78 is 0. The van der Waals surface area contributed by atoms with Crippen molar-refractivity contribution in [3.63, 3.8) is 0 Å². The lowest BCUT2D eigenvalue weighted by Crippen LogP contribution is -2.33. The molecule has 7 nitrogen and oxygen atoms in total. The Balaban J connectivity index is 3.08. The number of carboxylic acid groups (broad SMARTS) is 1. The number of hydrogen-bond acceptors (Lipinski definition) is 5. The van der Waals surface area contributed by atoms with E-state index in [4.69, 9.17) is 10.8 Å². The molecule has 0 aliphatic heterocycles. The number of aromatic nitrogens is 2. The van der Waals surface area contributed by atoms with E-state index in [2.05, 4.69) is 9.97 Å². The summed E-state index contributed by atoms with van der Waals surface area (Å²) in [5.74, 6) is -1.51. The molecule has 0 saturated carbocycles. The largest absolute Gasteiger partial charge is 0.480 e. The highest BCUT2D eigenvalue weighted by Gasteiger charge is 2.18. The zero-order valence-corrected chi connectivity index (χ0v) is 9.46. The number of carboxylic acids is 1. The second-order valence-electron chi connectivity index (χ2n) is 3.41. The summed E-state index contributed by atoms with van der Waals surface area (Å²) in [7, 11) is 0. The summed E-state index contributed by atoms with van der Waals surface area (Å²) in [5.41, 5.74) is 5.15. The monoisotopic (exact) mass is 238 g/mol. The van der Waals surface area contributed by atoms with Crippen molar-refractivity contribution in [1.29, 1.82) is 0 Å². The first-order valence-corrected chi connectivity index (χ1v) is 5.13. The molecule has 0 aliphatic carbocycles. The van der Waals surface area contributed by atoms with Crippen LogP contribution in [-0.2, 0) is 4.79 Å². The molecule has 7 heteroatoms. The second kappa shape index (κ2) is 5.78. The Morgan fingerprint density at radius 1 is 1.41 bits per heavy atom. The van der Waals surface area contributed by atoms with Crippen molar-refractivity contribution < 1.29 is 14.7 Å². The number of rotatable bonds is 6. The van der Waals surface area contributed by atoms with E-state index in [1.807, 2.05) is 6.92 Å². The van der Waals surface area contributed by atoms with Gasteiger partial charge in [-0.2, -0.15) is 0 Å². The normalized spacial score (nSPS) is 9.94. The van der Waals surface area contributed by atoms with Gasteiger partial charge in [-0.05, 0) is 6.42 Å². The van der Waals surface area contributed by atoms with Gasteiger partial charge in [-0.1, -0.05) is 6.92 Å². The van der Waals surface area contributed by atoms with Crippen LogP contribution in [0.3, 0.4) is 0 Å². The minimum absolute atomic E-state index is 0.0119. The number of anilines is 1. The van der Waals surface area contributed by atoms with Crippen LogP contribution in [0.1, 0.15) is 23.8 Å². The van der Waals surface area contributed by atoms with Gasteiger partial charge in [-0.25, -0.2) is 9.97 Å². The third kappa shape index (κ3) is 3.40. The Bertz CT molecular complexity index is 422. The molecule has 0 aromatic carbocycles. The SMILES string of the molecule is CCCN(CC(=O)O)c1nccnc1C(N)=O. The van der Waals surface area contributed by atoms with E-state index in [9.17, 15) is 9.59 Å². The van der Waals surface area contributed by atoms with Gasteiger partial charge >= 0.3 is 5.97 Å². The third-order valence-electron chi connectivity index (χ3n) is 2.03. The molecule has 0 fully saturated rings. The number of primary amides is 1. The third-order valence-corrected chi connectivity index (χ3v) is 2.03. The van der Waals surface area contributed by atoms with Gasteiger partial charge in [0.2, 0.25) is 0 Å². The predicted octanol–water partition coefficient (Wildman–Crippen LogP) is -0.124. The lowest BCUT2D eigenvalue weighted by molar-refractivity contribution is -0.135. The number of nitrogens with zero attached hydrogens (tertiary/aromatic N) is 3. The lowest BCUT2D eigenvalue weighted by atomic mass is 10.3. The van der Waals surface area contributed by atoms with E-state index in [0.29, 0.717) is 6.54 Å². The number of hydrogen-bond donors (Lipinski definition) is 2. The zero-order chi connectivity index (χ0) is 12.8. The molecule has 0 aliphatic rings. The first kappa shape index (κ1) is 12.9. The first-order valence-electron chi connectivity index (χ1n) is 5.13. The number of aliphatic carboxylic acids is 1. The second-order valence-corrected chi connectivity index (χ2v) is 3.41. The average Bonchev–Trinajstić information content (AvgIpc) is 2.28. The summed E-state index contributed by atoms with van der Waals surface area (Å²) in [6.07, 6.45) is 3.46. The highest BCUT2D eigenvalue weighted by atomic mass is 16.4. The van der Waals surface area contributed by atoms with Crippen LogP contribution in [0.5, 0.6) is 0 Å². The molecule has 0 atom stereocenters. The van der Waals surface area contributed by atoms with Crippen molar-refractivity contribution in [3.05, 3.63) is 18.1 Å². The number of nitrogens with two attached hydrogens (primary N) is 1. The molecular weight excluding hydrogens is 224 g/mol. The summed E-state index contributed by atoms with van der Waals surface area (Å²) in [4.78, 5) is 31.2. The summed E-state index contributed by atoms with van der Waals surface area (Å²) in [6.45, 7) is 2.12. The molecule has 1 aromatic rings. The molecule has 17 heavy (non-hydrogen) atoms. The fourth-order valence-electron chi connectivity index (χ4n) is 1.43. The lowest BCUT2D eigenvalue weighted by Gasteiger charge is -2.21. The molecule has 1 amide bonds. The standard InChI is InChI=1S/C10H14N4O3/c1-2-5-14(6-7(15)16)10-8(9(11)17)12-3-4-13-10/h3-4H,2,5-6H2,1H3,(H2,11,17)(H,15,16). The van der Waals surface area contributed by atoms with E-state index in [1.54, 1.807) is 0 Å². The van der Waals surface area contributed by atoms with Crippen molar-refractivity contribution in [2.45, 2.75) is 13.3 Å². The minimum atomic E-state index is -1.00. The van der Waals surface area contributed by atoms with Crippen molar-refractivity contribution in [1.82, 2.24) is 9.97 Å². The fraction of sp³-hybridized carbons (Fsp3) is 0.400. The minimum Gasteiger partial charge on any atom is -0.480 e. The molecule has 92 valence electrons. The maximum atomic E-state index is 11.2. The van der Waals surface area contributed by atoms with Gasteiger partial charge in [0.05, 0.1) is 0 Å². The van der Waals surface area contributed by atoms with Crippen LogP contribution in [0.4, 0.5) is 5.82 Å². The number of carbonyl (C=O) groups excluding carboxylic acids is 1. The molecule has 0 radical (unpaired) electrons. The predicted molar refractivity (Wildman–Crippen MR) is 60.7 cm³/mol. The Hall–Kier alpha value is -2.18. The van der Waals surface area contributed by atoms with Gasteiger partial charge in [-0.3, -0.25) is 9.59 Å². The van der Waals surface area contributed by atoms with Gasteiger partial charge in [0.1, 0.15) is 6.54 Å². The van der Waals surface area contributed by atoms with Crippen molar-refractivity contribution in [2.75, 3.05) is 18.0 Å². The molecule has 1 aromatic heterocycles. The fourth-order valence-corrected chi connectivity index (χ4v) is 1.43. The quantitative estimate of drug-likeness (QED) is 0.714. The molecule has 0 bridgehead atoms. The van der Waals surface area contributed by atoms with Crippen molar-refractivity contribution in [2.24, 2.45) is 5.73 Å². The van der Waals surface area contributed by atoms with E-state index < -0.39 is 11.9 Å². The van der Waals surface area contributed by atoms with Gasteiger partial charge in [0.25, 0.3) is 5.91 Å². The maximum absolute atomic E-state index is 11.2. The molecule has 0 saturated heterocycles. The Morgan fingerprint density at radius 2 is 2.06 bits per heavy atom. The van der Waals surface area contributed by atoms with Crippen molar-refractivity contribution >= 4 is 17.7 Å². The van der Waals surface area contributed by atoms with E-state index in [1.165, 1.54) is 17.3 Å². The summed E-state index contributed by atoms with van der Waals surface area (Å²) in [5, 5.41) is 8.80. The number of amides is 1. The molecule has 3 N–H and O–H groups in total. The van der Waals surface area contributed by atoms with Gasteiger partial charge in [-0.15, -0.1) is 0 Å². The Morgan fingerprint density at radius 3 is 2.59 bits per heavy atom. The molecule has 1 rings (SSSR count). The molecular formula is C10H14N4O3. The van der Waals surface area contributed by atoms with Gasteiger partial charge in [0.15, 0.2) is 11.5 Å². The average molecular weight is 238 g/mol. The van der Waals surface area contributed by atoms with E-state index in [0.717, 1.165) is 6.42 Å². The van der Waals surface area contributed by atoms with Crippen LogP contribution in [-0.4, -0.2) is 40.0 Å². The maximum Gasteiger partial charge on any atom is 0.323 e. The summed E-state index contributed by atoms with van der Waals surface area (Å²) >= 11 is 0. The summed E-state index contributed by atoms with van der Waals surface area (Å²) in [6, 6.07) is 0. The first-order chi connectivity index (χ1) is 8.06. The van der Waals surface area contributed by atoms with Crippen molar-refractivity contribution in [3.8, 4) is 0 Å². The van der Waals surface area contributed by atoms with E-state index >= 15 is 0 Å². The highest BCUT2D eigenvalue weighted by molar-refractivity contribution is 5.96. The van der Waals surface area contributed by atoms with Gasteiger partial charge < -0.3 is 15.7 Å². The van der Waals surface area contributed by atoms with Crippen LogP contribution in [0, 0.1) is 0 Å². The van der Waals surface area contributed by atoms with Crippen LogP contribution in [0.25, 0.3) is 0 Å². The van der Waals surface area contributed by atoms with E-state index in [-0.39, 0.29) is 18.1 Å². The van der Waals surface area contributed by atoms with Crippen LogP contribution in [0.2, 0.25) is 0 Å². The molecule has 0 spiro atoms. The topological polar surface area (TPSA) is 109 Å². The molecule has 0 unspecified atom stereocenters. The Labute approximate surface area is 98.3 Å². The Kier molecular flexibility index (Phi) is 4.38. The number of carbonyl (C=O) groups is 2. The zero-order valence-electron chi connectivity index (χ0n) is 9.46. The van der Waals surface area contributed by atoms with Crippen LogP contribution >= 0.6 is 0 Å². The van der Waals surface area contributed by atoms with Gasteiger partial charge in [0, 0.05) is 18.9 Å².